The number of aliphatic imine (C=N–C) groups is 1. The number of aromatic nitrogens is 5. The van der Waals surface area contributed by atoms with Crippen molar-refractivity contribution in [1.82, 2.24) is 24.6 Å². The largest absolute Gasteiger partial charge is 0.259 e. The molecule has 26 heavy (non-hydrogen) atoms. The number of benzene rings is 1. The molecule has 6 nitrogen and oxygen atoms in total. The zero-order valence-electron chi connectivity index (χ0n) is 15.1. The van der Waals surface area contributed by atoms with Gasteiger partial charge in [-0.1, -0.05) is 18.2 Å². The van der Waals surface area contributed by atoms with E-state index in [1.165, 1.54) is 0 Å². The SMILES string of the molecule is CC=Nc1cccc2ccc(CCc3nc4c(C)ncc(C)n4n3)nc12. The Bertz CT molecular complexity index is 1090. The Balaban J connectivity index is 1.63. The van der Waals surface area contributed by atoms with Crippen LogP contribution in [0.2, 0.25) is 0 Å². The van der Waals surface area contributed by atoms with E-state index in [1.807, 2.05) is 43.6 Å². The lowest BCUT2D eigenvalue weighted by molar-refractivity contribution is 0.808. The highest BCUT2D eigenvalue weighted by Crippen LogP contribution is 2.24. The van der Waals surface area contributed by atoms with E-state index in [1.54, 1.807) is 6.21 Å². The lowest BCUT2D eigenvalue weighted by Crippen LogP contribution is -1.99. The molecule has 0 radical (unpaired) electrons. The topological polar surface area (TPSA) is 68.3 Å². The fourth-order valence-corrected chi connectivity index (χ4v) is 3.04. The van der Waals surface area contributed by atoms with Gasteiger partial charge in [-0.05, 0) is 39.3 Å². The molecule has 0 aliphatic rings. The zero-order chi connectivity index (χ0) is 18.1. The molecule has 0 saturated heterocycles. The molecule has 0 spiro atoms. The van der Waals surface area contributed by atoms with E-state index in [-0.39, 0.29) is 0 Å². The molecule has 0 unspecified atom stereocenters. The van der Waals surface area contributed by atoms with Crippen LogP contribution < -0.4 is 0 Å². The van der Waals surface area contributed by atoms with Gasteiger partial charge in [-0.2, -0.15) is 5.10 Å². The van der Waals surface area contributed by atoms with Gasteiger partial charge in [0.15, 0.2) is 11.5 Å². The fourth-order valence-electron chi connectivity index (χ4n) is 3.04. The van der Waals surface area contributed by atoms with Crippen LogP contribution in [0.3, 0.4) is 0 Å². The molecule has 0 amide bonds. The van der Waals surface area contributed by atoms with Crippen molar-refractivity contribution < 1.29 is 0 Å². The van der Waals surface area contributed by atoms with Crippen molar-refractivity contribution in [2.24, 2.45) is 4.99 Å². The van der Waals surface area contributed by atoms with Gasteiger partial charge in [-0.25, -0.2) is 9.50 Å². The van der Waals surface area contributed by atoms with Crippen molar-refractivity contribution in [3.8, 4) is 0 Å². The van der Waals surface area contributed by atoms with Gasteiger partial charge in [0.1, 0.15) is 0 Å². The Kier molecular flexibility index (Phi) is 4.16. The minimum Gasteiger partial charge on any atom is -0.259 e. The monoisotopic (exact) mass is 344 g/mol. The first-order valence-corrected chi connectivity index (χ1v) is 8.71. The number of fused-ring (bicyclic) bond motifs is 2. The van der Waals surface area contributed by atoms with Crippen LogP contribution in [0, 0.1) is 13.8 Å². The van der Waals surface area contributed by atoms with Crippen LogP contribution in [0.4, 0.5) is 5.69 Å². The first-order chi connectivity index (χ1) is 12.7. The molecule has 0 aliphatic carbocycles. The number of nitrogens with zero attached hydrogens (tertiary/aromatic N) is 6. The summed E-state index contributed by atoms with van der Waals surface area (Å²) >= 11 is 0. The molecule has 6 heteroatoms. The third-order valence-corrected chi connectivity index (χ3v) is 4.38. The third-order valence-electron chi connectivity index (χ3n) is 4.38. The highest BCUT2D eigenvalue weighted by Gasteiger charge is 2.10. The van der Waals surface area contributed by atoms with Crippen LogP contribution in [0.1, 0.15) is 29.8 Å². The van der Waals surface area contributed by atoms with Gasteiger partial charge in [0.25, 0.3) is 0 Å². The van der Waals surface area contributed by atoms with Crippen molar-refractivity contribution in [3.05, 3.63) is 59.4 Å². The van der Waals surface area contributed by atoms with Gasteiger partial charge in [0.05, 0.1) is 22.6 Å². The van der Waals surface area contributed by atoms with Gasteiger partial charge in [0.2, 0.25) is 0 Å². The maximum absolute atomic E-state index is 4.81. The standard InChI is InChI=1S/C20H20N6/c1-4-21-17-7-5-6-15-8-9-16(23-19(15)17)10-11-18-24-20-14(3)22-12-13(2)26(20)25-18/h4-9,12H,10-11H2,1-3H3. The minimum absolute atomic E-state index is 0.734. The second kappa shape index (κ2) is 6.63. The summed E-state index contributed by atoms with van der Waals surface area (Å²) in [6.45, 7) is 5.85. The molecule has 0 bridgehead atoms. The fraction of sp³-hybridized carbons (Fsp3) is 0.250. The lowest BCUT2D eigenvalue weighted by Gasteiger charge is -2.04. The summed E-state index contributed by atoms with van der Waals surface area (Å²) in [4.78, 5) is 18.2. The summed E-state index contributed by atoms with van der Waals surface area (Å²) in [6.07, 6.45) is 5.13. The Hall–Kier alpha value is -3.15. The van der Waals surface area contributed by atoms with E-state index >= 15 is 0 Å². The Morgan fingerprint density at radius 1 is 1.08 bits per heavy atom. The lowest BCUT2D eigenvalue weighted by atomic mass is 10.1. The number of pyridine rings is 1. The molecule has 0 aliphatic heterocycles. The highest BCUT2D eigenvalue weighted by atomic mass is 15.3. The normalized spacial score (nSPS) is 11.8. The maximum atomic E-state index is 4.81. The minimum atomic E-state index is 0.734. The summed E-state index contributed by atoms with van der Waals surface area (Å²) in [6, 6.07) is 10.2. The molecule has 4 rings (SSSR count). The van der Waals surface area contributed by atoms with E-state index in [0.29, 0.717) is 0 Å². The summed E-state index contributed by atoms with van der Waals surface area (Å²) in [5.41, 5.74) is 5.54. The third kappa shape index (κ3) is 2.94. The van der Waals surface area contributed by atoms with Crippen molar-refractivity contribution >= 4 is 28.5 Å². The predicted octanol–water partition coefficient (Wildman–Crippen LogP) is 3.80. The first kappa shape index (κ1) is 16.3. The molecule has 0 fully saturated rings. The molecule has 4 aromatic rings. The number of rotatable bonds is 4. The highest BCUT2D eigenvalue weighted by molar-refractivity contribution is 5.90. The van der Waals surface area contributed by atoms with Crippen LogP contribution in [0.25, 0.3) is 16.6 Å². The van der Waals surface area contributed by atoms with Crippen molar-refractivity contribution in [3.63, 3.8) is 0 Å². The Labute approximate surface area is 151 Å². The quantitative estimate of drug-likeness (QED) is 0.528. The summed E-state index contributed by atoms with van der Waals surface area (Å²) in [5, 5.41) is 5.71. The smallest absolute Gasteiger partial charge is 0.177 e. The van der Waals surface area contributed by atoms with Crippen molar-refractivity contribution in [2.45, 2.75) is 33.6 Å². The molecule has 1 aromatic carbocycles. The number of hydrogen-bond donors (Lipinski definition) is 0. The van der Waals surface area contributed by atoms with Crippen molar-refractivity contribution in [1.29, 1.82) is 0 Å². The van der Waals surface area contributed by atoms with Gasteiger partial charge in [0, 0.05) is 29.9 Å². The molecule has 3 aromatic heterocycles. The van der Waals surface area contributed by atoms with Crippen molar-refractivity contribution in [2.75, 3.05) is 0 Å². The van der Waals surface area contributed by atoms with Crippen LogP contribution in [-0.2, 0) is 12.8 Å². The second-order valence-electron chi connectivity index (χ2n) is 6.29. The van der Waals surface area contributed by atoms with E-state index in [2.05, 4.69) is 38.3 Å². The van der Waals surface area contributed by atoms with Crippen LogP contribution in [-0.4, -0.2) is 30.8 Å². The van der Waals surface area contributed by atoms with Gasteiger partial charge >= 0.3 is 0 Å². The molecule has 0 N–H and O–H groups in total. The molecule has 130 valence electrons. The molecule has 0 atom stereocenters. The summed E-state index contributed by atoms with van der Waals surface area (Å²) in [7, 11) is 0. The molecule has 0 saturated carbocycles. The summed E-state index contributed by atoms with van der Waals surface area (Å²) in [5.74, 6) is 0.811. The zero-order valence-corrected chi connectivity index (χ0v) is 15.1. The van der Waals surface area contributed by atoms with Gasteiger partial charge in [-0.15, -0.1) is 0 Å². The van der Waals surface area contributed by atoms with E-state index in [4.69, 9.17) is 4.98 Å². The van der Waals surface area contributed by atoms with Gasteiger partial charge in [-0.3, -0.25) is 15.0 Å². The van der Waals surface area contributed by atoms with Crippen LogP contribution in [0.5, 0.6) is 0 Å². The number of para-hydroxylation sites is 1. The van der Waals surface area contributed by atoms with Gasteiger partial charge < -0.3 is 0 Å². The predicted molar refractivity (Wildman–Crippen MR) is 103 cm³/mol. The molecular formula is C20H20N6. The Morgan fingerprint density at radius 2 is 1.96 bits per heavy atom. The van der Waals surface area contributed by atoms with E-state index in [0.717, 1.165) is 58.0 Å². The second-order valence-corrected chi connectivity index (χ2v) is 6.29. The molecular weight excluding hydrogens is 324 g/mol. The maximum Gasteiger partial charge on any atom is 0.177 e. The first-order valence-electron chi connectivity index (χ1n) is 8.71. The summed E-state index contributed by atoms with van der Waals surface area (Å²) < 4.78 is 1.86. The molecule has 3 heterocycles. The number of aryl methyl sites for hydroxylation is 4. The van der Waals surface area contributed by atoms with Crippen LogP contribution in [0.15, 0.2) is 41.5 Å². The van der Waals surface area contributed by atoms with E-state index < -0.39 is 0 Å². The number of hydrogen-bond acceptors (Lipinski definition) is 5. The Morgan fingerprint density at radius 3 is 2.77 bits per heavy atom. The average molecular weight is 344 g/mol. The van der Waals surface area contributed by atoms with Crippen LogP contribution >= 0.6 is 0 Å². The van der Waals surface area contributed by atoms with E-state index in [9.17, 15) is 0 Å². The average Bonchev–Trinajstić information content (AvgIpc) is 3.09.